The van der Waals surface area contributed by atoms with Crippen LogP contribution in [-0.2, 0) is 11.2 Å². The van der Waals surface area contributed by atoms with Gasteiger partial charge in [0.1, 0.15) is 17.0 Å². The number of nitrogens with one attached hydrogen (secondary N) is 1. The van der Waals surface area contributed by atoms with Gasteiger partial charge in [0.25, 0.3) is 0 Å². The van der Waals surface area contributed by atoms with Gasteiger partial charge in [0.15, 0.2) is 5.17 Å². The first kappa shape index (κ1) is 15.3. The molecule has 0 spiro atoms. The Bertz CT molecular complexity index is 728. The summed E-state index contributed by atoms with van der Waals surface area (Å²) in [7, 11) is 1.59. The van der Waals surface area contributed by atoms with Gasteiger partial charge in [0, 0.05) is 22.4 Å². The standard InChI is InChI=1S/C15H17N3O2S/c1-8(19)7-11-9(2)18-13-10(14(11)21-15(16)17)5-4-6-12(13)20-3/h4-6H,7H2,1-3H3,(H3,16,17). The van der Waals surface area contributed by atoms with E-state index < -0.39 is 0 Å². The number of nitrogens with two attached hydrogens (primary N) is 1. The Kier molecular flexibility index (Phi) is 4.47. The largest absolute Gasteiger partial charge is 0.494 e. The number of nitrogens with zero attached hydrogens (tertiary/aromatic N) is 1. The third kappa shape index (κ3) is 3.16. The number of thioether (sulfide) groups is 1. The molecule has 2 aromatic rings. The highest BCUT2D eigenvalue weighted by Crippen LogP contribution is 2.36. The van der Waals surface area contributed by atoms with Crippen LogP contribution in [0.2, 0.25) is 0 Å². The van der Waals surface area contributed by atoms with Crippen LogP contribution in [0.25, 0.3) is 10.9 Å². The minimum absolute atomic E-state index is 0.0190. The number of aromatic nitrogens is 1. The zero-order valence-corrected chi connectivity index (χ0v) is 13.0. The topological polar surface area (TPSA) is 89.1 Å². The summed E-state index contributed by atoms with van der Waals surface area (Å²) in [5.41, 5.74) is 7.84. The van der Waals surface area contributed by atoms with Crippen molar-refractivity contribution in [3.8, 4) is 5.75 Å². The third-order valence-corrected chi connectivity index (χ3v) is 3.98. The second-order valence-corrected chi connectivity index (χ2v) is 5.76. The molecule has 0 fully saturated rings. The molecule has 0 unspecified atom stereocenters. The highest BCUT2D eigenvalue weighted by Gasteiger charge is 2.17. The molecule has 1 heterocycles. The predicted octanol–water partition coefficient (Wildman–Crippen LogP) is 2.67. The lowest BCUT2D eigenvalue weighted by Gasteiger charge is -2.15. The van der Waals surface area contributed by atoms with Gasteiger partial charge in [-0.1, -0.05) is 23.9 Å². The van der Waals surface area contributed by atoms with E-state index in [1.165, 1.54) is 6.92 Å². The predicted molar refractivity (Wildman–Crippen MR) is 85.2 cm³/mol. The number of hydrogen-bond donors (Lipinski definition) is 2. The van der Waals surface area contributed by atoms with E-state index in [0.29, 0.717) is 11.3 Å². The number of hydrogen-bond acceptors (Lipinski definition) is 5. The van der Waals surface area contributed by atoms with Gasteiger partial charge in [-0.2, -0.15) is 0 Å². The monoisotopic (exact) mass is 303 g/mol. The molecule has 110 valence electrons. The SMILES string of the molecule is COc1cccc2c(SC(=N)N)c(CC(C)=O)c(C)nc12. The molecule has 21 heavy (non-hydrogen) atoms. The number of carbonyl (C=O) groups excluding carboxylic acids is 1. The Balaban J connectivity index is 2.80. The normalized spacial score (nSPS) is 10.6. The first-order valence-electron chi connectivity index (χ1n) is 6.41. The highest BCUT2D eigenvalue weighted by atomic mass is 32.2. The van der Waals surface area contributed by atoms with Crippen molar-refractivity contribution in [2.75, 3.05) is 7.11 Å². The van der Waals surface area contributed by atoms with Crippen molar-refractivity contribution in [2.24, 2.45) is 5.73 Å². The van der Waals surface area contributed by atoms with Gasteiger partial charge in [-0.05, 0) is 25.5 Å². The first-order valence-corrected chi connectivity index (χ1v) is 7.23. The number of methoxy groups -OCH3 is 1. The van der Waals surface area contributed by atoms with E-state index in [-0.39, 0.29) is 17.4 Å². The highest BCUT2D eigenvalue weighted by molar-refractivity contribution is 8.13. The molecular weight excluding hydrogens is 286 g/mol. The number of pyridine rings is 1. The van der Waals surface area contributed by atoms with E-state index in [1.54, 1.807) is 7.11 Å². The lowest BCUT2D eigenvalue weighted by molar-refractivity contribution is -0.116. The van der Waals surface area contributed by atoms with Crippen LogP contribution in [0, 0.1) is 12.3 Å². The second-order valence-electron chi connectivity index (χ2n) is 4.71. The maximum Gasteiger partial charge on any atom is 0.155 e. The molecular formula is C15H17N3O2S. The smallest absolute Gasteiger partial charge is 0.155 e. The van der Waals surface area contributed by atoms with Crippen molar-refractivity contribution in [2.45, 2.75) is 25.2 Å². The van der Waals surface area contributed by atoms with Crippen molar-refractivity contribution in [3.63, 3.8) is 0 Å². The molecule has 2 rings (SSSR count). The van der Waals surface area contributed by atoms with Gasteiger partial charge in [0.2, 0.25) is 0 Å². The lowest BCUT2D eigenvalue weighted by atomic mass is 10.0. The summed E-state index contributed by atoms with van der Waals surface area (Å²) in [5.74, 6) is 0.711. The van der Waals surface area contributed by atoms with E-state index in [9.17, 15) is 4.79 Å². The van der Waals surface area contributed by atoms with E-state index in [2.05, 4.69) is 4.98 Å². The van der Waals surface area contributed by atoms with Crippen molar-refractivity contribution in [3.05, 3.63) is 29.5 Å². The van der Waals surface area contributed by atoms with Crippen molar-refractivity contribution in [1.29, 1.82) is 5.41 Å². The van der Waals surface area contributed by atoms with Gasteiger partial charge in [0.05, 0.1) is 7.11 Å². The summed E-state index contributed by atoms with van der Waals surface area (Å²) >= 11 is 1.14. The number of benzene rings is 1. The molecule has 0 bridgehead atoms. The zero-order valence-electron chi connectivity index (χ0n) is 12.2. The molecule has 0 saturated carbocycles. The lowest BCUT2D eigenvalue weighted by Crippen LogP contribution is -2.08. The Morgan fingerprint density at radius 3 is 2.76 bits per heavy atom. The number of para-hydroxylation sites is 1. The number of aryl methyl sites for hydroxylation is 1. The fraction of sp³-hybridized carbons (Fsp3) is 0.267. The Morgan fingerprint density at radius 2 is 2.19 bits per heavy atom. The van der Waals surface area contributed by atoms with Crippen LogP contribution >= 0.6 is 11.8 Å². The molecule has 0 amide bonds. The second kappa shape index (κ2) is 6.13. The summed E-state index contributed by atoms with van der Waals surface area (Å²) in [5, 5.41) is 8.38. The van der Waals surface area contributed by atoms with Crippen LogP contribution < -0.4 is 10.5 Å². The maximum atomic E-state index is 11.5. The van der Waals surface area contributed by atoms with Gasteiger partial charge >= 0.3 is 0 Å². The average Bonchev–Trinajstić information content (AvgIpc) is 2.41. The quantitative estimate of drug-likeness (QED) is 0.515. The zero-order chi connectivity index (χ0) is 15.6. The summed E-state index contributed by atoms with van der Waals surface area (Å²) in [6.45, 7) is 3.39. The molecule has 6 heteroatoms. The van der Waals surface area contributed by atoms with Crippen molar-refractivity contribution < 1.29 is 9.53 Å². The number of Topliss-reactive ketones (excluding diaryl/α,β-unsaturated/α-hetero) is 1. The number of amidine groups is 1. The minimum Gasteiger partial charge on any atom is -0.494 e. The molecule has 1 aromatic heterocycles. The van der Waals surface area contributed by atoms with Crippen LogP contribution in [0.3, 0.4) is 0 Å². The molecule has 5 nitrogen and oxygen atoms in total. The summed E-state index contributed by atoms with van der Waals surface area (Å²) in [4.78, 5) is 16.9. The molecule has 0 saturated heterocycles. The van der Waals surface area contributed by atoms with E-state index in [0.717, 1.165) is 33.3 Å². The minimum atomic E-state index is -0.0190. The Hall–Kier alpha value is -2.08. The molecule has 0 aliphatic carbocycles. The van der Waals surface area contributed by atoms with E-state index in [1.807, 2.05) is 25.1 Å². The van der Waals surface area contributed by atoms with Crippen molar-refractivity contribution >= 4 is 33.6 Å². The fourth-order valence-corrected chi connectivity index (χ4v) is 3.07. The number of rotatable bonds is 4. The van der Waals surface area contributed by atoms with Gasteiger partial charge in [-0.25, -0.2) is 4.98 Å². The van der Waals surface area contributed by atoms with Crippen LogP contribution in [0.5, 0.6) is 5.75 Å². The molecule has 0 aliphatic heterocycles. The number of ketones is 1. The van der Waals surface area contributed by atoms with Gasteiger partial charge < -0.3 is 10.5 Å². The molecule has 0 aliphatic rings. The third-order valence-electron chi connectivity index (χ3n) is 3.09. The van der Waals surface area contributed by atoms with Gasteiger partial charge in [-0.3, -0.25) is 10.2 Å². The van der Waals surface area contributed by atoms with Gasteiger partial charge in [-0.15, -0.1) is 0 Å². The molecule has 3 N–H and O–H groups in total. The molecule has 0 atom stereocenters. The van der Waals surface area contributed by atoms with E-state index >= 15 is 0 Å². The average molecular weight is 303 g/mol. The molecule has 0 radical (unpaired) electrons. The Morgan fingerprint density at radius 1 is 1.48 bits per heavy atom. The summed E-state index contributed by atoms with van der Waals surface area (Å²) in [6.07, 6.45) is 0.279. The Labute approximate surface area is 127 Å². The maximum absolute atomic E-state index is 11.5. The molecule has 1 aromatic carbocycles. The van der Waals surface area contributed by atoms with Crippen LogP contribution in [0.15, 0.2) is 23.1 Å². The fourth-order valence-electron chi connectivity index (χ4n) is 2.23. The number of ether oxygens (including phenoxy) is 1. The van der Waals surface area contributed by atoms with Crippen molar-refractivity contribution in [1.82, 2.24) is 4.98 Å². The van der Waals surface area contributed by atoms with Crippen LogP contribution in [0.4, 0.5) is 0 Å². The number of carbonyl (C=O) groups is 1. The first-order chi connectivity index (χ1) is 9.93. The summed E-state index contributed by atoms with van der Waals surface area (Å²) < 4.78 is 5.34. The summed E-state index contributed by atoms with van der Waals surface area (Å²) in [6, 6.07) is 5.60. The van der Waals surface area contributed by atoms with E-state index in [4.69, 9.17) is 15.9 Å². The number of fused-ring (bicyclic) bond motifs is 1. The van der Waals surface area contributed by atoms with Crippen LogP contribution in [0.1, 0.15) is 18.2 Å². The van der Waals surface area contributed by atoms with Crippen LogP contribution in [-0.4, -0.2) is 23.0 Å².